The highest BCUT2D eigenvalue weighted by Gasteiger charge is 2.53. The number of hydrogen-bond acceptors (Lipinski definition) is 17. The number of aromatic amines is 2. The van der Waals surface area contributed by atoms with Gasteiger partial charge in [-0.25, -0.2) is 24.1 Å². The van der Waals surface area contributed by atoms with Gasteiger partial charge in [0.1, 0.15) is 42.4 Å². The van der Waals surface area contributed by atoms with E-state index in [1.54, 1.807) is 6.92 Å². The van der Waals surface area contributed by atoms with Crippen LogP contribution in [0.3, 0.4) is 0 Å². The topological polar surface area (TPSA) is 283 Å². The molecule has 3 fully saturated rings. The van der Waals surface area contributed by atoms with Crippen LogP contribution in [0, 0.1) is 6.92 Å². The summed E-state index contributed by atoms with van der Waals surface area (Å²) in [6.07, 6.45) is -8.92. The van der Waals surface area contributed by atoms with Crippen molar-refractivity contribution in [2.75, 3.05) is 18.9 Å². The van der Waals surface area contributed by atoms with Gasteiger partial charge in [-0.05, 0) is 6.92 Å². The standard InChI is InChI=1S/C21H25N9O12P2S2/c1-6-25-15-9(17(33)26-6)23-4-29(15)19-11(31)13-7(39-19)2-37-44(36,46)42-14-8(3-38-43(35,45)41-13)40-20(12(14)32)30-5-24-10-16(30)27-21(22)28-18(10)34/h4-5,7-8,11-14,19-20,31-32H,2-3H2,1H3,(H,35,45)(H,36,46)(H,25,26,33)(H3,22,27,28,34)/t7-,8-,11?,12?,13+,14+,19-,20-,43+,44+/m1/s1. The van der Waals surface area contributed by atoms with Gasteiger partial charge >= 0.3 is 13.6 Å². The number of ether oxygens (including phenoxy) is 2. The first-order chi connectivity index (χ1) is 21.7. The van der Waals surface area contributed by atoms with Gasteiger partial charge in [0.15, 0.2) is 34.8 Å². The maximum atomic E-state index is 13.4. The zero-order chi connectivity index (χ0) is 32.7. The van der Waals surface area contributed by atoms with Crippen LogP contribution < -0.4 is 16.9 Å². The largest absolute Gasteiger partial charge is 0.386 e. The highest BCUT2D eigenvalue weighted by Crippen LogP contribution is 2.60. The molecular weight excluding hydrogens is 696 g/mol. The van der Waals surface area contributed by atoms with Crippen LogP contribution in [0.5, 0.6) is 0 Å². The summed E-state index contributed by atoms with van der Waals surface area (Å²) < 4.78 is 63.4. The van der Waals surface area contributed by atoms with E-state index < -0.39 is 87.0 Å². The molecule has 3 saturated heterocycles. The Morgan fingerprint density at radius 1 is 0.848 bits per heavy atom. The van der Waals surface area contributed by atoms with Gasteiger partial charge < -0.3 is 30.4 Å². The Balaban J connectivity index is 1.18. The molecule has 0 radical (unpaired) electrons. The first-order valence-corrected chi connectivity index (χ1v) is 18.7. The number of H-pyrrole nitrogens is 2. The minimum atomic E-state index is -4.34. The molecular formula is C21H25N9O12P2S2. The van der Waals surface area contributed by atoms with Crippen molar-refractivity contribution in [1.29, 1.82) is 0 Å². The van der Waals surface area contributed by atoms with Crippen LogP contribution >= 0.6 is 38.1 Å². The molecule has 3 aliphatic heterocycles. The van der Waals surface area contributed by atoms with Crippen molar-refractivity contribution in [2.45, 2.75) is 56.0 Å². The minimum Gasteiger partial charge on any atom is -0.386 e. The minimum absolute atomic E-state index is 0.0286. The van der Waals surface area contributed by atoms with Crippen molar-refractivity contribution in [2.24, 2.45) is 0 Å². The average Bonchev–Trinajstić information content (AvgIpc) is 3.72. The Morgan fingerprint density at radius 3 is 1.80 bits per heavy atom. The lowest BCUT2D eigenvalue weighted by Crippen LogP contribution is -2.38. The predicted molar refractivity (Wildman–Crippen MR) is 160 cm³/mol. The van der Waals surface area contributed by atoms with Crippen molar-refractivity contribution < 1.29 is 46.9 Å². The number of nitrogens with one attached hydrogen (secondary N) is 2. The monoisotopic (exact) mass is 721 g/mol. The molecule has 46 heavy (non-hydrogen) atoms. The SMILES string of the molecule is Cc1nc2c(ncn2[C@@H]2O[C@@H]3CO[P@](=O)(S)O[C@@H]4C(O)[C@H](n5cnc6c(=O)[nH]c(N)nc65)O[C@@H]4CO[P@](=O)(S)O[C@@H]3C2O)c(=O)[nH]1. The lowest BCUT2D eigenvalue weighted by Gasteiger charge is -2.28. The molecule has 4 aromatic rings. The smallest absolute Gasteiger partial charge is 0.386 e. The molecule has 2 unspecified atom stereocenters. The number of fused-ring (bicyclic) bond motifs is 4. The van der Waals surface area contributed by atoms with Crippen LogP contribution in [-0.2, 0) is 36.7 Å². The third-order valence-electron chi connectivity index (χ3n) is 7.48. The van der Waals surface area contributed by atoms with E-state index >= 15 is 0 Å². The van der Waals surface area contributed by atoms with Gasteiger partial charge in [-0.15, -0.1) is 0 Å². The fraction of sp³-hybridized carbons (Fsp3) is 0.524. The van der Waals surface area contributed by atoms with E-state index in [1.165, 1.54) is 21.8 Å². The second-order valence-electron chi connectivity index (χ2n) is 10.5. The van der Waals surface area contributed by atoms with Crippen LogP contribution in [0.15, 0.2) is 22.2 Å². The van der Waals surface area contributed by atoms with E-state index in [-0.39, 0.29) is 34.1 Å². The van der Waals surface area contributed by atoms with Crippen LogP contribution in [0.2, 0.25) is 0 Å². The number of nitrogens with two attached hydrogens (primary N) is 1. The fourth-order valence-electron chi connectivity index (χ4n) is 5.48. The van der Waals surface area contributed by atoms with Gasteiger partial charge in [0.25, 0.3) is 11.1 Å². The van der Waals surface area contributed by atoms with Crippen LogP contribution in [-0.4, -0.2) is 99.1 Å². The van der Waals surface area contributed by atoms with Gasteiger partial charge in [0.05, 0.1) is 25.9 Å². The number of aliphatic hydroxyl groups is 2. The molecule has 0 aromatic carbocycles. The number of rotatable bonds is 2. The fourth-order valence-corrected chi connectivity index (χ4v) is 8.46. The Kier molecular flexibility index (Phi) is 7.98. The average molecular weight is 722 g/mol. The number of nitrogens with zero attached hydrogens (tertiary/aromatic N) is 6. The van der Waals surface area contributed by atoms with E-state index in [9.17, 15) is 28.9 Å². The molecule has 21 nitrogen and oxygen atoms in total. The molecule has 10 atom stereocenters. The summed E-state index contributed by atoms with van der Waals surface area (Å²) >= 11 is 8.10. The highest BCUT2D eigenvalue weighted by molar-refractivity contribution is 8.44. The Hall–Kier alpha value is -2.66. The molecule has 4 aromatic heterocycles. The van der Waals surface area contributed by atoms with Gasteiger partial charge in [-0.2, -0.15) is 4.98 Å². The number of hydrogen-bond donors (Lipinski definition) is 7. The second kappa shape index (κ2) is 11.5. The van der Waals surface area contributed by atoms with Crippen LogP contribution in [0.1, 0.15) is 18.3 Å². The van der Waals surface area contributed by atoms with Crippen molar-refractivity contribution in [1.82, 2.24) is 39.0 Å². The first-order valence-electron chi connectivity index (χ1n) is 13.4. The summed E-state index contributed by atoms with van der Waals surface area (Å²) in [6.45, 7) is -8.33. The second-order valence-corrected chi connectivity index (χ2v) is 16.3. The number of aliphatic hydroxyl groups excluding tert-OH is 2. The third kappa shape index (κ3) is 5.63. The number of imidazole rings is 2. The van der Waals surface area contributed by atoms with Crippen molar-refractivity contribution >= 4 is 66.4 Å². The Morgan fingerprint density at radius 2 is 1.30 bits per heavy atom. The number of thiol groups is 2. The molecule has 0 bridgehead atoms. The van der Waals surface area contributed by atoms with E-state index in [1.807, 2.05) is 0 Å². The molecule has 0 saturated carbocycles. The van der Waals surface area contributed by atoms with E-state index in [2.05, 4.69) is 54.4 Å². The summed E-state index contributed by atoms with van der Waals surface area (Å²) in [6, 6.07) is 0. The Bertz CT molecular complexity index is 1910. The van der Waals surface area contributed by atoms with Crippen molar-refractivity contribution in [3.05, 3.63) is 39.2 Å². The first kappa shape index (κ1) is 31.9. The van der Waals surface area contributed by atoms with Crippen molar-refractivity contribution in [3.8, 4) is 0 Å². The van der Waals surface area contributed by atoms with Gasteiger partial charge in [0, 0.05) is 0 Å². The summed E-state index contributed by atoms with van der Waals surface area (Å²) in [5.41, 5.74) is 4.43. The van der Waals surface area contributed by atoms with Crippen molar-refractivity contribution in [3.63, 3.8) is 0 Å². The lowest BCUT2D eigenvalue weighted by molar-refractivity contribution is -0.0561. The number of nitrogen functional groups attached to an aromatic ring is 1. The van der Waals surface area contributed by atoms with E-state index in [4.69, 9.17) is 33.3 Å². The molecule has 0 aliphatic carbocycles. The van der Waals surface area contributed by atoms with Crippen LogP contribution in [0.25, 0.3) is 22.3 Å². The van der Waals surface area contributed by atoms with Gasteiger partial charge in [-0.1, -0.05) is 24.5 Å². The zero-order valence-corrected chi connectivity index (χ0v) is 26.8. The summed E-state index contributed by atoms with van der Waals surface area (Å²) in [5.74, 6) is 0.0457. The highest BCUT2D eigenvalue weighted by atomic mass is 32.7. The molecule has 7 heterocycles. The molecule has 25 heteroatoms. The maximum Gasteiger partial charge on any atom is 0.386 e. The molecule has 248 valence electrons. The van der Waals surface area contributed by atoms with Gasteiger partial charge in [-0.3, -0.25) is 41.8 Å². The summed E-state index contributed by atoms with van der Waals surface area (Å²) in [4.78, 5) is 45.8. The third-order valence-corrected chi connectivity index (χ3v) is 10.7. The molecule has 6 N–H and O–H groups in total. The van der Waals surface area contributed by atoms with Crippen LogP contribution in [0.4, 0.5) is 5.95 Å². The number of aryl methyl sites for hydroxylation is 1. The normalized spacial score (nSPS) is 37.2. The summed E-state index contributed by atoms with van der Waals surface area (Å²) in [7, 11) is 0. The molecule has 3 aliphatic rings. The van der Waals surface area contributed by atoms with E-state index in [0.717, 1.165) is 0 Å². The van der Waals surface area contributed by atoms with Gasteiger partial charge in [0.2, 0.25) is 5.95 Å². The lowest BCUT2D eigenvalue weighted by atomic mass is 10.1. The predicted octanol–water partition coefficient (Wildman–Crippen LogP) is -0.447. The summed E-state index contributed by atoms with van der Waals surface area (Å²) in [5, 5.41) is 22.5. The maximum absolute atomic E-state index is 13.4. The molecule has 0 spiro atoms. The molecule has 0 amide bonds. The quantitative estimate of drug-likeness (QED) is 0.102. The molecule has 7 rings (SSSR count). The number of anilines is 1. The number of aromatic nitrogens is 8. The Labute approximate surface area is 266 Å². The zero-order valence-electron chi connectivity index (χ0n) is 23.2. The van der Waals surface area contributed by atoms with E-state index in [0.29, 0.717) is 0 Å².